The van der Waals surface area contributed by atoms with Crippen molar-refractivity contribution in [1.29, 1.82) is 0 Å². The van der Waals surface area contributed by atoms with E-state index in [4.69, 9.17) is 4.74 Å². The Bertz CT molecular complexity index is 1840. The summed E-state index contributed by atoms with van der Waals surface area (Å²) in [6.07, 6.45) is 1.64. The number of aryl methyl sites for hydroxylation is 1. The molecule has 0 saturated heterocycles. The second-order valence-corrected chi connectivity index (χ2v) is 11.6. The summed E-state index contributed by atoms with van der Waals surface area (Å²) in [5.74, 6) is -0.444. The highest BCUT2D eigenvalue weighted by atomic mass is 32.2. The Morgan fingerprint density at radius 1 is 0.717 bits per heavy atom. The maximum Gasteiger partial charge on any atom is 0.272 e. The second kappa shape index (κ2) is 15.4. The molecule has 0 spiro atoms. The molecule has 230 valence electrons. The van der Waals surface area contributed by atoms with E-state index in [1.165, 1.54) is 11.8 Å². The van der Waals surface area contributed by atoms with Crippen molar-refractivity contribution in [3.05, 3.63) is 161 Å². The van der Waals surface area contributed by atoms with Crippen molar-refractivity contribution in [2.45, 2.75) is 17.1 Å². The van der Waals surface area contributed by atoms with E-state index < -0.39 is 17.1 Å². The highest BCUT2D eigenvalue weighted by Crippen LogP contribution is 2.37. The van der Waals surface area contributed by atoms with Crippen molar-refractivity contribution in [3.8, 4) is 5.75 Å². The molecule has 3 N–H and O–H groups in total. The number of rotatable bonds is 11. The number of nitrogens with one attached hydrogen (secondary N) is 3. The zero-order valence-corrected chi connectivity index (χ0v) is 26.2. The third kappa shape index (κ3) is 8.74. The lowest BCUT2D eigenvalue weighted by molar-refractivity contribution is -0.116. The van der Waals surface area contributed by atoms with E-state index in [0.29, 0.717) is 22.7 Å². The summed E-state index contributed by atoms with van der Waals surface area (Å²) < 4.78 is 5.30. The summed E-state index contributed by atoms with van der Waals surface area (Å²) in [7, 11) is 1.58. The van der Waals surface area contributed by atoms with Crippen LogP contribution in [0.3, 0.4) is 0 Å². The van der Waals surface area contributed by atoms with Crippen LogP contribution < -0.4 is 20.7 Å². The number of methoxy groups -OCH3 is 1. The van der Waals surface area contributed by atoms with Gasteiger partial charge >= 0.3 is 0 Å². The molecule has 0 radical (unpaired) electrons. The van der Waals surface area contributed by atoms with Crippen LogP contribution in [0.25, 0.3) is 6.08 Å². The van der Waals surface area contributed by atoms with Crippen molar-refractivity contribution >= 4 is 46.9 Å². The molecular weight excluding hydrogens is 595 g/mol. The second-order valence-electron chi connectivity index (χ2n) is 10.4. The number of benzene rings is 5. The SMILES string of the molecule is COc1cccc(NC(=O)C(Sc2cccc(NC(=O)/C(=C/c3ccc(C)cc3)NC(=O)c3ccccc3)c2)c2ccccc2)c1. The van der Waals surface area contributed by atoms with Gasteiger partial charge in [0.2, 0.25) is 5.91 Å². The summed E-state index contributed by atoms with van der Waals surface area (Å²) in [5, 5.41) is 8.11. The molecule has 5 aromatic carbocycles. The van der Waals surface area contributed by atoms with Crippen LogP contribution in [-0.2, 0) is 9.59 Å². The number of carbonyl (C=O) groups excluding carboxylic acids is 3. The van der Waals surface area contributed by atoms with E-state index in [-0.39, 0.29) is 11.6 Å². The number of thioether (sulfide) groups is 1. The van der Waals surface area contributed by atoms with Gasteiger partial charge in [-0.3, -0.25) is 14.4 Å². The van der Waals surface area contributed by atoms with Gasteiger partial charge in [0.05, 0.1) is 7.11 Å². The van der Waals surface area contributed by atoms with Gasteiger partial charge in [0.25, 0.3) is 11.8 Å². The number of hydrogen-bond donors (Lipinski definition) is 3. The van der Waals surface area contributed by atoms with Gasteiger partial charge in [0.1, 0.15) is 16.7 Å². The Morgan fingerprint density at radius 3 is 2.07 bits per heavy atom. The number of amides is 3. The first kappa shape index (κ1) is 31.8. The van der Waals surface area contributed by atoms with Crippen LogP contribution in [0.5, 0.6) is 5.75 Å². The zero-order valence-electron chi connectivity index (χ0n) is 25.4. The van der Waals surface area contributed by atoms with Gasteiger partial charge < -0.3 is 20.7 Å². The monoisotopic (exact) mass is 627 g/mol. The Kier molecular flexibility index (Phi) is 10.7. The number of anilines is 2. The molecule has 0 aliphatic carbocycles. The number of carbonyl (C=O) groups is 3. The van der Waals surface area contributed by atoms with Crippen molar-refractivity contribution in [3.63, 3.8) is 0 Å². The number of ether oxygens (including phenoxy) is 1. The van der Waals surface area contributed by atoms with Gasteiger partial charge in [0.15, 0.2) is 0 Å². The zero-order chi connectivity index (χ0) is 32.3. The molecular formula is C38H33N3O4S. The van der Waals surface area contributed by atoms with E-state index in [1.54, 1.807) is 55.7 Å². The molecule has 46 heavy (non-hydrogen) atoms. The summed E-state index contributed by atoms with van der Waals surface area (Å²) in [5.41, 5.74) is 4.33. The van der Waals surface area contributed by atoms with Crippen LogP contribution >= 0.6 is 11.8 Å². The van der Waals surface area contributed by atoms with Gasteiger partial charge in [0, 0.05) is 27.9 Å². The fraction of sp³-hybridized carbons (Fsp3) is 0.0789. The topological polar surface area (TPSA) is 96.5 Å². The van der Waals surface area contributed by atoms with Crippen LogP contribution in [-0.4, -0.2) is 24.8 Å². The Labute approximate surface area is 272 Å². The fourth-order valence-corrected chi connectivity index (χ4v) is 5.65. The molecule has 1 unspecified atom stereocenters. The summed E-state index contributed by atoms with van der Waals surface area (Å²) in [4.78, 5) is 41.0. The molecule has 5 aromatic rings. The molecule has 0 aliphatic heterocycles. The van der Waals surface area contributed by atoms with Gasteiger partial charge in [-0.1, -0.05) is 90.5 Å². The molecule has 0 heterocycles. The first-order chi connectivity index (χ1) is 22.4. The summed E-state index contributed by atoms with van der Waals surface area (Å²) >= 11 is 1.36. The lowest BCUT2D eigenvalue weighted by atomic mass is 10.1. The van der Waals surface area contributed by atoms with Crippen LogP contribution in [0.1, 0.15) is 32.3 Å². The van der Waals surface area contributed by atoms with Gasteiger partial charge in [-0.15, -0.1) is 11.8 Å². The van der Waals surface area contributed by atoms with Crippen molar-refractivity contribution in [1.82, 2.24) is 5.32 Å². The average Bonchev–Trinajstić information content (AvgIpc) is 3.08. The molecule has 0 saturated carbocycles. The molecule has 0 fully saturated rings. The van der Waals surface area contributed by atoms with E-state index in [9.17, 15) is 14.4 Å². The number of hydrogen-bond acceptors (Lipinski definition) is 5. The smallest absolute Gasteiger partial charge is 0.272 e. The molecule has 0 bridgehead atoms. The van der Waals surface area contributed by atoms with E-state index in [1.807, 2.05) is 97.9 Å². The molecule has 7 nitrogen and oxygen atoms in total. The first-order valence-electron chi connectivity index (χ1n) is 14.6. The van der Waals surface area contributed by atoms with Crippen LogP contribution in [0.15, 0.2) is 144 Å². The lowest BCUT2D eigenvalue weighted by Gasteiger charge is -2.18. The highest BCUT2D eigenvalue weighted by Gasteiger charge is 2.23. The van der Waals surface area contributed by atoms with Gasteiger partial charge in [-0.25, -0.2) is 0 Å². The minimum Gasteiger partial charge on any atom is -0.497 e. The maximum atomic E-state index is 13.6. The largest absolute Gasteiger partial charge is 0.497 e. The van der Waals surface area contributed by atoms with Crippen LogP contribution in [0.2, 0.25) is 0 Å². The molecule has 1 atom stereocenters. The molecule has 8 heteroatoms. The molecule has 0 aliphatic rings. The maximum absolute atomic E-state index is 13.6. The van der Waals surface area contributed by atoms with Crippen molar-refractivity contribution < 1.29 is 19.1 Å². The minimum absolute atomic E-state index is 0.0931. The normalized spacial score (nSPS) is 11.7. The Morgan fingerprint density at radius 2 is 1.37 bits per heavy atom. The van der Waals surface area contributed by atoms with Gasteiger partial charge in [-0.2, -0.15) is 0 Å². The molecule has 3 amide bonds. The average molecular weight is 628 g/mol. The van der Waals surface area contributed by atoms with Crippen LogP contribution in [0, 0.1) is 6.92 Å². The van der Waals surface area contributed by atoms with Crippen molar-refractivity contribution in [2.75, 3.05) is 17.7 Å². The minimum atomic E-state index is -0.583. The third-order valence-electron chi connectivity index (χ3n) is 6.94. The highest BCUT2D eigenvalue weighted by molar-refractivity contribution is 8.00. The van der Waals surface area contributed by atoms with Crippen molar-refractivity contribution in [2.24, 2.45) is 0 Å². The third-order valence-corrected chi connectivity index (χ3v) is 8.19. The fourth-order valence-electron chi connectivity index (χ4n) is 4.56. The Balaban J connectivity index is 1.37. The first-order valence-corrected chi connectivity index (χ1v) is 15.5. The van der Waals surface area contributed by atoms with Crippen LogP contribution in [0.4, 0.5) is 11.4 Å². The van der Waals surface area contributed by atoms with E-state index >= 15 is 0 Å². The van der Waals surface area contributed by atoms with Gasteiger partial charge in [-0.05, 0) is 66.6 Å². The molecule has 0 aromatic heterocycles. The van der Waals surface area contributed by atoms with E-state index in [2.05, 4.69) is 16.0 Å². The lowest BCUT2D eigenvalue weighted by Crippen LogP contribution is -2.30. The summed E-state index contributed by atoms with van der Waals surface area (Å²) in [6, 6.07) is 40.3. The Hall–Kier alpha value is -5.60. The van der Waals surface area contributed by atoms with E-state index in [0.717, 1.165) is 21.6 Å². The standard InChI is InChI=1S/C38H33N3O4S/c1-26-19-21-27(22-20-26)23-34(41-36(42)29-13-7-4-8-14-29)37(43)39-31-16-10-18-33(25-31)46-35(28-11-5-3-6-12-28)38(44)40-30-15-9-17-32(24-30)45-2/h3-25,35H,1-2H3,(H,39,43)(H,40,44)(H,41,42)/b34-23-. The quantitative estimate of drug-likeness (QED) is 0.102. The summed E-state index contributed by atoms with van der Waals surface area (Å²) in [6.45, 7) is 1.98. The predicted molar refractivity (Wildman–Crippen MR) is 185 cm³/mol. The molecule has 5 rings (SSSR count). The predicted octanol–water partition coefficient (Wildman–Crippen LogP) is 7.89.